The molecule has 28 heavy (non-hydrogen) atoms. The summed E-state index contributed by atoms with van der Waals surface area (Å²) in [5.74, 6) is 2.86. The molecule has 138 valence electrons. The van der Waals surface area contributed by atoms with Crippen LogP contribution in [0.4, 0.5) is 5.69 Å². The highest BCUT2D eigenvalue weighted by molar-refractivity contribution is 6.10. The lowest BCUT2D eigenvalue weighted by Gasteiger charge is -2.06. The van der Waals surface area contributed by atoms with Crippen molar-refractivity contribution >= 4 is 28.6 Å². The summed E-state index contributed by atoms with van der Waals surface area (Å²) in [6.45, 7) is 2.88. The highest BCUT2D eigenvalue weighted by Crippen LogP contribution is 2.24. The summed E-state index contributed by atoms with van der Waals surface area (Å²) in [7, 11) is 0. The second-order valence-electron chi connectivity index (χ2n) is 6.01. The average molecular weight is 369 g/mol. The molecule has 0 aliphatic carbocycles. The maximum Gasteiger partial charge on any atom is 0.266 e. The molecule has 1 N–H and O–H groups in total. The van der Waals surface area contributed by atoms with Gasteiger partial charge in [0, 0.05) is 28.4 Å². The first-order valence-corrected chi connectivity index (χ1v) is 8.83. The van der Waals surface area contributed by atoms with E-state index in [-0.39, 0.29) is 5.57 Å². The van der Waals surface area contributed by atoms with Crippen LogP contribution in [0.25, 0.3) is 17.0 Å². The van der Waals surface area contributed by atoms with Gasteiger partial charge in [-0.2, -0.15) is 5.26 Å². The van der Waals surface area contributed by atoms with Crippen molar-refractivity contribution in [3.05, 3.63) is 65.9 Å². The van der Waals surface area contributed by atoms with Gasteiger partial charge in [0.2, 0.25) is 0 Å². The van der Waals surface area contributed by atoms with E-state index in [0.29, 0.717) is 18.8 Å². The lowest BCUT2D eigenvalue weighted by molar-refractivity contribution is -0.112. The number of fused-ring (bicyclic) bond motifs is 1. The Hall–Kier alpha value is -3.96. The molecule has 1 aromatic heterocycles. The Kier molecular flexibility index (Phi) is 5.79. The molecule has 2 aromatic carbocycles. The molecular weight excluding hydrogens is 350 g/mol. The number of aromatic nitrogens is 1. The molecule has 0 aliphatic heterocycles. The number of hydrogen-bond acceptors (Lipinski definition) is 3. The maximum absolute atomic E-state index is 12.6. The van der Waals surface area contributed by atoms with Crippen molar-refractivity contribution in [3.63, 3.8) is 0 Å². The van der Waals surface area contributed by atoms with Crippen molar-refractivity contribution in [2.45, 2.75) is 13.5 Å². The Bertz CT molecular complexity index is 1110. The van der Waals surface area contributed by atoms with Crippen molar-refractivity contribution in [1.29, 1.82) is 5.26 Å². The fourth-order valence-corrected chi connectivity index (χ4v) is 2.92. The van der Waals surface area contributed by atoms with Crippen molar-refractivity contribution in [1.82, 2.24) is 4.57 Å². The van der Waals surface area contributed by atoms with Gasteiger partial charge in [-0.3, -0.25) is 4.79 Å². The number of terminal acetylenes is 1. The third-order valence-corrected chi connectivity index (χ3v) is 4.17. The lowest BCUT2D eigenvalue weighted by atomic mass is 10.1. The fourth-order valence-electron chi connectivity index (χ4n) is 2.92. The normalized spacial score (nSPS) is 10.9. The molecule has 0 bridgehead atoms. The summed E-state index contributed by atoms with van der Waals surface area (Å²) in [6.07, 6.45) is 8.88. The van der Waals surface area contributed by atoms with Crippen LogP contribution in [0, 0.1) is 23.7 Å². The Morgan fingerprint density at radius 2 is 2.00 bits per heavy atom. The number of para-hydroxylation sites is 1. The van der Waals surface area contributed by atoms with Gasteiger partial charge < -0.3 is 14.6 Å². The summed E-state index contributed by atoms with van der Waals surface area (Å²) < 4.78 is 7.30. The molecule has 1 heterocycles. The summed E-state index contributed by atoms with van der Waals surface area (Å²) in [5.41, 5.74) is 2.32. The molecule has 5 heteroatoms. The number of hydrogen-bond donors (Lipinski definition) is 1. The van der Waals surface area contributed by atoms with Crippen molar-refractivity contribution in [3.8, 4) is 24.2 Å². The van der Waals surface area contributed by atoms with Crippen LogP contribution in [0.1, 0.15) is 12.5 Å². The zero-order valence-electron chi connectivity index (χ0n) is 15.5. The van der Waals surface area contributed by atoms with Gasteiger partial charge in [0.15, 0.2) is 0 Å². The number of carbonyl (C=O) groups is 1. The van der Waals surface area contributed by atoms with Crippen LogP contribution in [0.2, 0.25) is 0 Å². The predicted molar refractivity (Wildman–Crippen MR) is 111 cm³/mol. The van der Waals surface area contributed by atoms with Gasteiger partial charge in [-0.15, -0.1) is 6.42 Å². The van der Waals surface area contributed by atoms with Gasteiger partial charge in [0.05, 0.1) is 13.2 Å². The molecule has 1 amide bonds. The largest absolute Gasteiger partial charge is 0.494 e. The summed E-state index contributed by atoms with van der Waals surface area (Å²) in [4.78, 5) is 12.6. The van der Waals surface area contributed by atoms with Crippen LogP contribution in [0.5, 0.6) is 5.75 Å². The number of anilines is 1. The highest BCUT2D eigenvalue weighted by atomic mass is 16.5. The SMILES string of the molecule is C#CCn1cc(C=C(C#N)C(=O)Nc2ccc(OCC)cc2)c2ccccc21. The van der Waals surface area contributed by atoms with Crippen molar-refractivity contribution < 1.29 is 9.53 Å². The number of rotatable bonds is 6. The second-order valence-corrected chi connectivity index (χ2v) is 6.01. The number of nitriles is 1. The van der Waals surface area contributed by atoms with Gasteiger partial charge in [-0.1, -0.05) is 24.1 Å². The topological polar surface area (TPSA) is 67.0 Å². The molecule has 0 saturated carbocycles. The fraction of sp³-hybridized carbons (Fsp3) is 0.130. The molecule has 0 spiro atoms. The van der Waals surface area contributed by atoms with E-state index in [1.807, 2.05) is 48.0 Å². The Balaban J connectivity index is 1.88. The molecule has 0 aliphatic rings. The molecule has 0 unspecified atom stereocenters. The Morgan fingerprint density at radius 3 is 2.68 bits per heavy atom. The standard InChI is InChI=1S/C23H19N3O2/c1-3-13-26-16-18(21-7-5-6-8-22(21)26)14-17(15-24)23(27)25-19-9-11-20(12-10-19)28-4-2/h1,5-12,14,16H,4,13H2,2H3,(H,25,27). The molecule has 0 saturated heterocycles. The molecule has 0 radical (unpaired) electrons. The minimum atomic E-state index is -0.472. The van der Waals surface area contributed by atoms with Crippen LogP contribution in [0.3, 0.4) is 0 Å². The van der Waals surface area contributed by atoms with Crippen LogP contribution in [-0.2, 0) is 11.3 Å². The maximum atomic E-state index is 12.6. The molecule has 3 aromatic rings. The van der Waals surface area contributed by atoms with Gasteiger partial charge in [-0.25, -0.2) is 0 Å². The van der Waals surface area contributed by atoms with E-state index >= 15 is 0 Å². The number of nitrogens with zero attached hydrogens (tertiary/aromatic N) is 2. The van der Waals surface area contributed by atoms with E-state index in [2.05, 4.69) is 11.2 Å². The Morgan fingerprint density at radius 1 is 1.25 bits per heavy atom. The lowest BCUT2D eigenvalue weighted by Crippen LogP contribution is -2.13. The molecule has 0 atom stereocenters. The molecular formula is C23H19N3O2. The van der Waals surface area contributed by atoms with Gasteiger partial charge in [0.1, 0.15) is 17.4 Å². The second kappa shape index (κ2) is 8.62. The highest BCUT2D eigenvalue weighted by Gasteiger charge is 2.12. The smallest absolute Gasteiger partial charge is 0.266 e. The Labute approximate surface area is 163 Å². The van der Waals surface area contributed by atoms with Crippen LogP contribution in [-0.4, -0.2) is 17.1 Å². The first kappa shape index (κ1) is 18.8. The van der Waals surface area contributed by atoms with Crippen LogP contribution >= 0.6 is 0 Å². The summed E-state index contributed by atoms with van der Waals surface area (Å²) >= 11 is 0. The quantitative estimate of drug-likeness (QED) is 0.402. The number of ether oxygens (including phenoxy) is 1. The number of amides is 1. The summed E-state index contributed by atoms with van der Waals surface area (Å²) in [5, 5.41) is 13.2. The third kappa shape index (κ3) is 4.06. The van der Waals surface area contributed by atoms with Crippen LogP contribution < -0.4 is 10.1 Å². The average Bonchev–Trinajstić information content (AvgIpc) is 3.05. The van der Waals surface area contributed by atoms with E-state index < -0.39 is 5.91 Å². The zero-order chi connectivity index (χ0) is 19.9. The van der Waals surface area contributed by atoms with E-state index in [9.17, 15) is 10.1 Å². The number of benzene rings is 2. The molecule has 3 rings (SSSR count). The van der Waals surface area contributed by atoms with Gasteiger partial charge in [-0.05, 0) is 43.3 Å². The minimum Gasteiger partial charge on any atom is -0.494 e. The van der Waals surface area contributed by atoms with Crippen molar-refractivity contribution in [2.24, 2.45) is 0 Å². The van der Waals surface area contributed by atoms with E-state index in [0.717, 1.165) is 22.2 Å². The van der Waals surface area contributed by atoms with E-state index in [4.69, 9.17) is 11.2 Å². The third-order valence-electron chi connectivity index (χ3n) is 4.17. The first-order chi connectivity index (χ1) is 13.7. The van der Waals surface area contributed by atoms with E-state index in [1.165, 1.54) is 0 Å². The monoisotopic (exact) mass is 369 g/mol. The predicted octanol–water partition coefficient (Wildman–Crippen LogP) is 4.22. The van der Waals surface area contributed by atoms with Crippen LogP contribution in [0.15, 0.2) is 60.3 Å². The summed E-state index contributed by atoms with van der Waals surface area (Å²) in [6, 6.07) is 16.7. The number of nitrogens with one attached hydrogen (secondary N) is 1. The number of carbonyl (C=O) groups excluding carboxylic acids is 1. The van der Waals surface area contributed by atoms with Crippen molar-refractivity contribution in [2.75, 3.05) is 11.9 Å². The van der Waals surface area contributed by atoms with Gasteiger partial charge >= 0.3 is 0 Å². The first-order valence-electron chi connectivity index (χ1n) is 8.83. The van der Waals surface area contributed by atoms with E-state index in [1.54, 1.807) is 30.3 Å². The van der Waals surface area contributed by atoms with Gasteiger partial charge in [0.25, 0.3) is 5.91 Å². The minimum absolute atomic E-state index is 0.0116. The zero-order valence-corrected chi connectivity index (χ0v) is 15.5. The molecule has 0 fully saturated rings. The molecule has 5 nitrogen and oxygen atoms in total.